The van der Waals surface area contributed by atoms with Crippen molar-refractivity contribution >= 4 is 29.0 Å². The number of ether oxygens (including phenoxy) is 2. The van der Waals surface area contributed by atoms with Crippen LogP contribution in [-0.4, -0.2) is 25.7 Å². The molecule has 2 aromatic carbocycles. The number of amides is 1. The van der Waals surface area contributed by atoms with Crippen molar-refractivity contribution in [2.24, 2.45) is 0 Å². The molecule has 1 aromatic heterocycles. The molecule has 2 heterocycles. The van der Waals surface area contributed by atoms with E-state index in [4.69, 9.17) is 9.47 Å². The fourth-order valence-corrected chi connectivity index (χ4v) is 3.57. The molecule has 136 valence electrons. The van der Waals surface area contributed by atoms with Gasteiger partial charge in [0.2, 0.25) is 0 Å². The highest BCUT2D eigenvalue weighted by molar-refractivity contribution is 7.12. The Labute approximate surface area is 162 Å². The van der Waals surface area contributed by atoms with Gasteiger partial charge in [-0.15, -0.1) is 11.3 Å². The summed E-state index contributed by atoms with van der Waals surface area (Å²) in [4.78, 5) is 15.5. The second kappa shape index (κ2) is 8.10. The lowest BCUT2D eigenvalue weighted by atomic mass is 10.2. The van der Waals surface area contributed by atoms with E-state index in [0.717, 1.165) is 11.3 Å². The van der Waals surface area contributed by atoms with E-state index in [2.05, 4.69) is 0 Å². The second-order valence-electron chi connectivity index (χ2n) is 6.03. The van der Waals surface area contributed by atoms with Gasteiger partial charge in [-0.3, -0.25) is 4.79 Å². The number of rotatable bonds is 5. The van der Waals surface area contributed by atoms with Crippen LogP contribution in [-0.2, 0) is 0 Å². The fraction of sp³-hybridized carbons (Fsp3) is 0.136. The molecule has 0 saturated heterocycles. The molecule has 0 fully saturated rings. The zero-order valence-corrected chi connectivity index (χ0v) is 15.5. The molecule has 5 heteroatoms. The Hall–Kier alpha value is -3.05. The average Bonchev–Trinajstić information content (AvgIpc) is 3.26. The number of carbonyl (C=O) groups excluding carboxylic acids is 1. The van der Waals surface area contributed by atoms with Gasteiger partial charge in [-0.05, 0) is 29.1 Å². The SMILES string of the molecule is O=C(c1cccs1)N(CC=Cc1ccccc1)c1ccc2c(c1)OCCO2. The molecule has 0 unspecified atom stereocenters. The molecular weight excluding hydrogens is 358 g/mol. The molecule has 0 N–H and O–H groups in total. The van der Waals surface area contributed by atoms with Crippen molar-refractivity contribution in [1.29, 1.82) is 0 Å². The standard InChI is InChI=1S/C22H19NO3S/c24-22(21-9-5-15-27-21)23(12-4-8-17-6-2-1-3-7-17)18-10-11-19-20(16-18)26-14-13-25-19/h1-11,15-16H,12-14H2. The van der Waals surface area contributed by atoms with Gasteiger partial charge in [0.1, 0.15) is 13.2 Å². The number of nitrogens with zero attached hydrogens (tertiary/aromatic N) is 1. The van der Waals surface area contributed by atoms with Gasteiger partial charge in [-0.1, -0.05) is 48.6 Å². The Bertz CT molecular complexity index is 935. The van der Waals surface area contributed by atoms with E-state index in [9.17, 15) is 4.79 Å². The normalized spacial score (nSPS) is 12.9. The summed E-state index contributed by atoms with van der Waals surface area (Å²) in [7, 11) is 0. The minimum atomic E-state index is -0.0283. The first kappa shape index (κ1) is 17.4. The van der Waals surface area contributed by atoms with E-state index in [-0.39, 0.29) is 5.91 Å². The Balaban J connectivity index is 1.61. The smallest absolute Gasteiger partial charge is 0.268 e. The molecule has 4 rings (SSSR count). The lowest BCUT2D eigenvalue weighted by molar-refractivity contribution is 0.0993. The maximum atomic E-state index is 13.0. The highest BCUT2D eigenvalue weighted by atomic mass is 32.1. The van der Waals surface area contributed by atoms with Crippen molar-refractivity contribution in [3.8, 4) is 11.5 Å². The molecule has 0 radical (unpaired) electrons. The molecule has 1 amide bonds. The summed E-state index contributed by atoms with van der Waals surface area (Å²) in [5.41, 5.74) is 1.89. The number of thiophene rings is 1. The van der Waals surface area contributed by atoms with Crippen molar-refractivity contribution in [2.75, 3.05) is 24.7 Å². The predicted octanol–water partition coefficient (Wildman–Crippen LogP) is 4.88. The first-order chi connectivity index (χ1) is 13.3. The van der Waals surface area contributed by atoms with Gasteiger partial charge >= 0.3 is 0 Å². The maximum Gasteiger partial charge on any atom is 0.268 e. The monoisotopic (exact) mass is 377 g/mol. The molecule has 0 aliphatic carbocycles. The Morgan fingerprint density at radius 2 is 1.81 bits per heavy atom. The van der Waals surface area contributed by atoms with Crippen molar-refractivity contribution < 1.29 is 14.3 Å². The zero-order valence-electron chi connectivity index (χ0n) is 14.7. The second-order valence-corrected chi connectivity index (χ2v) is 6.98. The van der Waals surface area contributed by atoms with E-state index in [0.29, 0.717) is 36.1 Å². The minimum Gasteiger partial charge on any atom is -0.486 e. The van der Waals surface area contributed by atoms with Crippen LogP contribution in [0.2, 0.25) is 0 Å². The third kappa shape index (κ3) is 4.04. The molecule has 0 atom stereocenters. The van der Waals surface area contributed by atoms with Gasteiger partial charge < -0.3 is 14.4 Å². The highest BCUT2D eigenvalue weighted by Gasteiger charge is 2.20. The third-order valence-electron chi connectivity index (χ3n) is 4.21. The summed E-state index contributed by atoms with van der Waals surface area (Å²) in [6.07, 6.45) is 4.02. The molecule has 4 nitrogen and oxygen atoms in total. The Morgan fingerprint density at radius 1 is 1.00 bits per heavy atom. The summed E-state index contributed by atoms with van der Waals surface area (Å²) in [6.45, 7) is 1.53. The van der Waals surface area contributed by atoms with Crippen LogP contribution in [0.5, 0.6) is 11.5 Å². The number of hydrogen-bond acceptors (Lipinski definition) is 4. The summed E-state index contributed by atoms with van der Waals surface area (Å²) in [5.74, 6) is 1.36. The average molecular weight is 377 g/mol. The van der Waals surface area contributed by atoms with Crippen LogP contribution >= 0.6 is 11.3 Å². The molecule has 0 saturated carbocycles. The summed E-state index contributed by atoms with van der Waals surface area (Å²) in [6, 6.07) is 19.4. The van der Waals surface area contributed by atoms with Crippen LogP contribution in [0.15, 0.2) is 72.1 Å². The van der Waals surface area contributed by atoms with Crippen molar-refractivity contribution in [3.05, 3.63) is 82.6 Å². The van der Waals surface area contributed by atoms with E-state index in [1.54, 1.807) is 4.90 Å². The van der Waals surface area contributed by atoms with Gasteiger partial charge in [0.05, 0.1) is 4.88 Å². The van der Waals surface area contributed by atoms with Crippen molar-refractivity contribution in [1.82, 2.24) is 0 Å². The van der Waals surface area contributed by atoms with E-state index in [1.807, 2.05) is 78.2 Å². The summed E-state index contributed by atoms with van der Waals surface area (Å²) >= 11 is 1.44. The molecule has 1 aliphatic heterocycles. The quantitative estimate of drug-likeness (QED) is 0.636. The Kier molecular flexibility index (Phi) is 5.21. The maximum absolute atomic E-state index is 13.0. The van der Waals surface area contributed by atoms with Gasteiger partial charge in [0.15, 0.2) is 11.5 Å². The largest absolute Gasteiger partial charge is 0.486 e. The van der Waals surface area contributed by atoms with Crippen LogP contribution in [0, 0.1) is 0 Å². The molecule has 27 heavy (non-hydrogen) atoms. The number of fused-ring (bicyclic) bond motifs is 1. The minimum absolute atomic E-state index is 0.0283. The van der Waals surface area contributed by atoms with Crippen LogP contribution in [0.1, 0.15) is 15.2 Å². The van der Waals surface area contributed by atoms with E-state index in [1.165, 1.54) is 11.3 Å². The molecule has 0 spiro atoms. The number of carbonyl (C=O) groups is 1. The van der Waals surface area contributed by atoms with Gasteiger partial charge in [0, 0.05) is 18.3 Å². The van der Waals surface area contributed by atoms with Crippen LogP contribution in [0.3, 0.4) is 0 Å². The molecular formula is C22H19NO3S. The third-order valence-corrected chi connectivity index (χ3v) is 5.07. The molecule has 1 aliphatic rings. The fourth-order valence-electron chi connectivity index (χ4n) is 2.90. The number of benzene rings is 2. The lowest BCUT2D eigenvalue weighted by Crippen LogP contribution is -2.30. The first-order valence-corrected chi connectivity index (χ1v) is 9.66. The Morgan fingerprint density at radius 3 is 2.59 bits per heavy atom. The highest BCUT2D eigenvalue weighted by Crippen LogP contribution is 2.34. The van der Waals surface area contributed by atoms with Crippen LogP contribution in [0.4, 0.5) is 5.69 Å². The van der Waals surface area contributed by atoms with Gasteiger partial charge in [-0.2, -0.15) is 0 Å². The number of anilines is 1. The van der Waals surface area contributed by atoms with Crippen LogP contribution in [0.25, 0.3) is 6.08 Å². The van der Waals surface area contributed by atoms with Gasteiger partial charge in [-0.25, -0.2) is 0 Å². The topological polar surface area (TPSA) is 38.8 Å². The van der Waals surface area contributed by atoms with Crippen molar-refractivity contribution in [2.45, 2.75) is 0 Å². The summed E-state index contributed by atoms with van der Waals surface area (Å²) < 4.78 is 11.3. The van der Waals surface area contributed by atoms with E-state index >= 15 is 0 Å². The predicted molar refractivity (Wildman–Crippen MR) is 109 cm³/mol. The zero-order chi connectivity index (χ0) is 18.5. The summed E-state index contributed by atoms with van der Waals surface area (Å²) in [5, 5.41) is 1.91. The molecule has 3 aromatic rings. The van der Waals surface area contributed by atoms with Gasteiger partial charge in [0.25, 0.3) is 5.91 Å². The van der Waals surface area contributed by atoms with Crippen molar-refractivity contribution in [3.63, 3.8) is 0 Å². The first-order valence-electron chi connectivity index (χ1n) is 8.78. The number of hydrogen-bond donors (Lipinski definition) is 0. The molecule has 0 bridgehead atoms. The van der Waals surface area contributed by atoms with E-state index < -0.39 is 0 Å². The lowest BCUT2D eigenvalue weighted by Gasteiger charge is -2.24. The van der Waals surface area contributed by atoms with Crippen LogP contribution < -0.4 is 14.4 Å².